The predicted octanol–water partition coefficient (Wildman–Crippen LogP) is 3.15. The standard InChI is InChI=1S/C12H17BrO3/c1-2-3-4-8-16-12-10(14)6-9-15-11(12)5-7-13/h6,9H,2-5,7-8H2,1H3. The van der Waals surface area contributed by atoms with E-state index in [0.717, 1.165) is 24.6 Å². The summed E-state index contributed by atoms with van der Waals surface area (Å²) in [6.07, 6.45) is 5.31. The highest BCUT2D eigenvalue weighted by atomic mass is 79.9. The zero-order valence-corrected chi connectivity index (χ0v) is 11.1. The van der Waals surface area contributed by atoms with Crippen molar-refractivity contribution in [1.82, 2.24) is 0 Å². The van der Waals surface area contributed by atoms with Gasteiger partial charge in [0.05, 0.1) is 12.9 Å². The highest BCUT2D eigenvalue weighted by Gasteiger charge is 2.09. The molecule has 90 valence electrons. The minimum Gasteiger partial charge on any atom is -0.487 e. The molecule has 1 rings (SSSR count). The van der Waals surface area contributed by atoms with Gasteiger partial charge < -0.3 is 9.15 Å². The van der Waals surface area contributed by atoms with Gasteiger partial charge in [-0.05, 0) is 6.42 Å². The van der Waals surface area contributed by atoms with Gasteiger partial charge in [0.2, 0.25) is 11.2 Å². The van der Waals surface area contributed by atoms with Crippen LogP contribution in [-0.4, -0.2) is 11.9 Å². The maximum absolute atomic E-state index is 11.6. The van der Waals surface area contributed by atoms with Gasteiger partial charge in [0, 0.05) is 17.8 Å². The molecule has 0 aliphatic heterocycles. The minimum absolute atomic E-state index is 0.0984. The lowest BCUT2D eigenvalue weighted by Crippen LogP contribution is -2.11. The van der Waals surface area contributed by atoms with Crippen LogP contribution < -0.4 is 10.2 Å². The molecular weight excluding hydrogens is 272 g/mol. The zero-order chi connectivity index (χ0) is 11.8. The van der Waals surface area contributed by atoms with Crippen molar-refractivity contribution in [2.24, 2.45) is 0 Å². The molecule has 0 atom stereocenters. The Morgan fingerprint density at radius 3 is 2.94 bits per heavy atom. The van der Waals surface area contributed by atoms with E-state index >= 15 is 0 Å². The Morgan fingerprint density at radius 1 is 1.44 bits per heavy atom. The van der Waals surface area contributed by atoms with Crippen LogP contribution in [0.5, 0.6) is 5.75 Å². The fourth-order valence-corrected chi connectivity index (χ4v) is 1.74. The number of halogens is 1. The number of hydrogen-bond acceptors (Lipinski definition) is 3. The normalized spacial score (nSPS) is 10.4. The Morgan fingerprint density at radius 2 is 2.25 bits per heavy atom. The summed E-state index contributed by atoms with van der Waals surface area (Å²) >= 11 is 3.32. The summed E-state index contributed by atoms with van der Waals surface area (Å²) in [4.78, 5) is 11.6. The molecular formula is C12H17BrO3. The largest absolute Gasteiger partial charge is 0.487 e. The molecule has 0 spiro atoms. The quantitative estimate of drug-likeness (QED) is 0.572. The molecule has 0 saturated carbocycles. The van der Waals surface area contributed by atoms with Gasteiger partial charge in [0.1, 0.15) is 5.76 Å². The van der Waals surface area contributed by atoms with Crippen LogP contribution in [0, 0.1) is 0 Å². The number of ether oxygens (including phenoxy) is 1. The number of rotatable bonds is 7. The van der Waals surface area contributed by atoms with Gasteiger partial charge in [0.15, 0.2) is 0 Å². The van der Waals surface area contributed by atoms with E-state index in [1.807, 2.05) is 0 Å². The Labute approximate surface area is 104 Å². The molecule has 0 amide bonds. The minimum atomic E-state index is -0.0984. The smallest absolute Gasteiger partial charge is 0.227 e. The second-order valence-electron chi connectivity index (χ2n) is 3.53. The van der Waals surface area contributed by atoms with Crippen molar-refractivity contribution in [2.75, 3.05) is 11.9 Å². The second-order valence-corrected chi connectivity index (χ2v) is 4.32. The van der Waals surface area contributed by atoms with Crippen molar-refractivity contribution < 1.29 is 9.15 Å². The van der Waals surface area contributed by atoms with Crippen LogP contribution in [0.25, 0.3) is 0 Å². The topological polar surface area (TPSA) is 39.4 Å². The van der Waals surface area contributed by atoms with E-state index in [1.54, 1.807) is 0 Å². The first-order chi connectivity index (χ1) is 7.79. The van der Waals surface area contributed by atoms with Crippen molar-refractivity contribution in [3.05, 3.63) is 28.3 Å². The molecule has 0 fully saturated rings. The average molecular weight is 289 g/mol. The number of hydrogen-bond donors (Lipinski definition) is 0. The van der Waals surface area contributed by atoms with Gasteiger partial charge in [-0.2, -0.15) is 0 Å². The van der Waals surface area contributed by atoms with Gasteiger partial charge in [-0.25, -0.2) is 0 Å². The predicted molar refractivity (Wildman–Crippen MR) is 67.5 cm³/mol. The maximum atomic E-state index is 11.6. The number of aryl methyl sites for hydroxylation is 1. The maximum Gasteiger partial charge on any atom is 0.227 e. The third kappa shape index (κ3) is 4.00. The molecule has 1 aromatic rings. The lowest BCUT2D eigenvalue weighted by atomic mass is 10.2. The molecule has 0 saturated heterocycles. The van der Waals surface area contributed by atoms with Gasteiger partial charge in [-0.3, -0.25) is 4.79 Å². The fraction of sp³-hybridized carbons (Fsp3) is 0.583. The number of unbranched alkanes of at least 4 members (excludes halogenated alkanes) is 2. The molecule has 0 unspecified atom stereocenters. The van der Waals surface area contributed by atoms with E-state index < -0.39 is 0 Å². The van der Waals surface area contributed by atoms with Gasteiger partial charge in [0.25, 0.3) is 0 Å². The highest BCUT2D eigenvalue weighted by Crippen LogP contribution is 2.14. The molecule has 16 heavy (non-hydrogen) atoms. The zero-order valence-electron chi connectivity index (χ0n) is 9.50. The molecule has 3 nitrogen and oxygen atoms in total. The van der Waals surface area contributed by atoms with Crippen molar-refractivity contribution >= 4 is 15.9 Å². The van der Waals surface area contributed by atoms with Crippen LogP contribution in [-0.2, 0) is 6.42 Å². The Bertz CT molecular complexity index is 360. The van der Waals surface area contributed by atoms with Crippen LogP contribution in [0.1, 0.15) is 31.9 Å². The first-order valence-electron chi connectivity index (χ1n) is 5.59. The number of alkyl halides is 1. The summed E-state index contributed by atoms with van der Waals surface area (Å²) in [6, 6.07) is 1.40. The van der Waals surface area contributed by atoms with E-state index in [2.05, 4.69) is 22.9 Å². The van der Waals surface area contributed by atoms with Gasteiger partial charge in [-0.15, -0.1) is 0 Å². The van der Waals surface area contributed by atoms with E-state index in [-0.39, 0.29) is 5.43 Å². The van der Waals surface area contributed by atoms with Crippen LogP contribution in [0.3, 0.4) is 0 Å². The summed E-state index contributed by atoms with van der Waals surface area (Å²) in [7, 11) is 0. The molecule has 0 aliphatic rings. The van der Waals surface area contributed by atoms with Crippen molar-refractivity contribution in [2.45, 2.75) is 32.6 Å². The van der Waals surface area contributed by atoms with E-state index in [9.17, 15) is 4.79 Å². The molecule has 1 heterocycles. The van der Waals surface area contributed by atoms with E-state index in [4.69, 9.17) is 9.15 Å². The van der Waals surface area contributed by atoms with Crippen LogP contribution >= 0.6 is 15.9 Å². The van der Waals surface area contributed by atoms with Crippen LogP contribution in [0.2, 0.25) is 0 Å². The second kappa shape index (κ2) is 7.49. The Hall–Kier alpha value is -0.770. The summed E-state index contributed by atoms with van der Waals surface area (Å²) in [5.41, 5.74) is -0.0984. The SMILES string of the molecule is CCCCCOc1c(CCBr)occc1=O. The van der Waals surface area contributed by atoms with Crippen molar-refractivity contribution in [3.63, 3.8) is 0 Å². The third-order valence-electron chi connectivity index (χ3n) is 2.22. The van der Waals surface area contributed by atoms with Gasteiger partial charge in [-0.1, -0.05) is 35.7 Å². The summed E-state index contributed by atoms with van der Waals surface area (Å²) in [5.74, 6) is 0.999. The van der Waals surface area contributed by atoms with Crippen LogP contribution in [0.4, 0.5) is 0 Å². The molecule has 0 radical (unpaired) electrons. The fourth-order valence-electron chi connectivity index (χ4n) is 1.38. The Balaban J connectivity index is 2.65. The molecule has 4 heteroatoms. The summed E-state index contributed by atoms with van der Waals surface area (Å²) in [6.45, 7) is 2.71. The molecule has 0 bridgehead atoms. The highest BCUT2D eigenvalue weighted by molar-refractivity contribution is 9.09. The van der Waals surface area contributed by atoms with Crippen LogP contribution in [0.15, 0.2) is 21.5 Å². The first kappa shape index (κ1) is 13.3. The molecule has 0 aliphatic carbocycles. The molecule has 0 N–H and O–H groups in total. The third-order valence-corrected chi connectivity index (χ3v) is 2.62. The first-order valence-corrected chi connectivity index (χ1v) is 6.71. The van der Waals surface area contributed by atoms with Crippen molar-refractivity contribution in [3.8, 4) is 5.75 Å². The lowest BCUT2D eigenvalue weighted by Gasteiger charge is -2.08. The summed E-state index contributed by atoms with van der Waals surface area (Å²) in [5, 5.41) is 0.755. The lowest BCUT2D eigenvalue weighted by molar-refractivity contribution is 0.285. The molecule has 1 aromatic heterocycles. The Kier molecular flexibility index (Phi) is 6.23. The van der Waals surface area contributed by atoms with Gasteiger partial charge >= 0.3 is 0 Å². The monoisotopic (exact) mass is 288 g/mol. The average Bonchev–Trinajstić information content (AvgIpc) is 2.28. The van der Waals surface area contributed by atoms with E-state index in [0.29, 0.717) is 24.5 Å². The van der Waals surface area contributed by atoms with Crippen molar-refractivity contribution in [1.29, 1.82) is 0 Å². The van der Waals surface area contributed by atoms with E-state index in [1.165, 1.54) is 12.3 Å². The molecule has 0 aromatic carbocycles. The summed E-state index contributed by atoms with van der Waals surface area (Å²) < 4.78 is 10.8.